The van der Waals surface area contributed by atoms with Crippen LogP contribution in [0.4, 0.5) is 4.79 Å². The van der Waals surface area contributed by atoms with Gasteiger partial charge in [0.2, 0.25) is 5.91 Å². The Morgan fingerprint density at radius 1 is 1.33 bits per heavy atom. The summed E-state index contributed by atoms with van der Waals surface area (Å²) in [6, 6.07) is -0.487. The van der Waals surface area contributed by atoms with Crippen LogP contribution < -0.4 is 11.1 Å². The van der Waals surface area contributed by atoms with Crippen LogP contribution in [-0.2, 0) is 19.8 Å². The van der Waals surface area contributed by atoms with Gasteiger partial charge >= 0.3 is 16.2 Å². The molecule has 3 N–H and O–H groups in total. The van der Waals surface area contributed by atoms with Gasteiger partial charge in [0.05, 0.1) is 6.54 Å². The van der Waals surface area contributed by atoms with Crippen LogP contribution in [0.25, 0.3) is 0 Å². The monoisotopic (exact) mass is 401 g/mol. The molecule has 27 heavy (non-hydrogen) atoms. The van der Waals surface area contributed by atoms with E-state index < -0.39 is 46.1 Å². The molecule has 0 spiro atoms. The Morgan fingerprint density at radius 3 is 2.59 bits per heavy atom. The lowest BCUT2D eigenvalue weighted by atomic mass is 10.1. The first kappa shape index (κ1) is 21.2. The number of hydrogen-bond donors (Lipinski definition) is 2. The number of rotatable bonds is 3. The Labute approximate surface area is 159 Å². The van der Waals surface area contributed by atoms with Gasteiger partial charge in [-0.2, -0.15) is 12.7 Å². The van der Waals surface area contributed by atoms with Crippen molar-refractivity contribution in [1.82, 2.24) is 18.8 Å². The van der Waals surface area contributed by atoms with E-state index in [0.29, 0.717) is 10.8 Å². The summed E-state index contributed by atoms with van der Waals surface area (Å²) >= 11 is 0. The van der Waals surface area contributed by atoms with Crippen LogP contribution in [-0.4, -0.2) is 79.5 Å². The number of carbonyl (C=O) groups excluding carboxylic acids is 3. The highest BCUT2D eigenvalue weighted by atomic mass is 32.2. The molecule has 1 aliphatic carbocycles. The maximum absolute atomic E-state index is 12.8. The third kappa shape index (κ3) is 4.08. The average Bonchev–Trinajstić information content (AvgIpc) is 3.29. The van der Waals surface area contributed by atoms with E-state index in [4.69, 9.17) is 5.73 Å². The number of nitrogens with zero attached hydrogens (tertiary/aromatic N) is 3. The molecule has 4 amide bonds. The quantitative estimate of drug-likeness (QED) is 0.600. The molecule has 0 aromatic heterocycles. The van der Waals surface area contributed by atoms with Crippen molar-refractivity contribution < 1.29 is 22.8 Å². The van der Waals surface area contributed by atoms with Crippen LogP contribution >= 0.6 is 0 Å². The van der Waals surface area contributed by atoms with E-state index in [2.05, 4.69) is 5.32 Å². The predicted molar refractivity (Wildman–Crippen MR) is 98.5 cm³/mol. The van der Waals surface area contributed by atoms with Crippen LogP contribution in [0.5, 0.6) is 0 Å². The van der Waals surface area contributed by atoms with Crippen molar-refractivity contribution in [3.63, 3.8) is 0 Å². The molecule has 2 atom stereocenters. The van der Waals surface area contributed by atoms with Gasteiger partial charge < -0.3 is 16.0 Å². The van der Waals surface area contributed by atoms with Crippen molar-refractivity contribution >= 4 is 28.1 Å². The minimum atomic E-state index is -4.28. The van der Waals surface area contributed by atoms with Gasteiger partial charge in [-0.15, -0.1) is 0 Å². The van der Waals surface area contributed by atoms with Crippen molar-refractivity contribution in [3.05, 3.63) is 12.2 Å². The molecule has 0 aromatic rings. The van der Waals surface area contributed by atoms with Gasteiger partial charge in [0.1, 0.15) is 5.54 Å². The highest BCUT2D eigenvalue weighted by Gasteiger charge is 2.67. The van der Waals surface area contributed by atoms with Crippen molar-refractivity contribution in [2.24, 2.45) is 11.7 Å². The Balaban J connectivity index is 2.45. The zero-order valence-corrected chi connectivity index (χ0v) is 16.7. The molecule has 152 valence electrons. The van der Waals surface area contributed by atoms with E-state index in [-0.39, 0.29) is 6.42 Å². The van der Waals surface area contributed by atoms with Crippen molar-refractivity contribution in [2.45, 2.75) is 31.2 Å². The summed E-state index contributed by atoms with van der Waals surface area (Å²) in [6.07, 6.45) is 6.09. The fourth-order valence-corrected chi connectivity index (χ4v) is 4.53. The zero-order valence-electron chi connectivity index (χ0n) is 15.8. The van der Waals surface area contributed by atoms with Crippen LogP contribution in [0, 0.1) is 5.92 Å². The van der Waals surface area contributed by atoms with Crippen molar-refractivity contribution in [2.75, 3.05) is 34.2 Å². The van der Waals surface area contributed by atoms with Gasteiger partial charge in [-0.25, -0.2) is 9.10 Å². The average molecular weight is 401 g/mol. The fourth-order valence-electron chi connectivity index (χ4n) is 3.17. The van der Waals surface area contributed by atoms with Crippen LogP contribution in [0.3, 0.4) is 0 Å². The number of primary amides is 1. The lowest BCUT2D eigenvalue weighted by molar-refractivity contribution is -0.134. The summed E-state index contributed by atoms with van der Waals surface area (Å²) in [5, 5.41) is 2.41. The van der Waals surface area contributed by atoms with Crippen molar-refractivity contribution in [1.29, 1.82) is 0 Å². The van der Waals surface area contributed by atoms with Gasteiger partial charge in [-0.05, 0) is 25.7 Å². The van der Waals surface area contributed by atoms with Gasteiger partial charge in [0.15, 0.2) is 0 Å². The van der Waals surface area contributed by atoms with Gasteiger partial charge in [-0.1, -0.05) is 12.2 Å². The lowest BCUT2D eigenvalue weighted by Crippen LogP contribution is -2.59. The van der Waals surface area contributed by atoms with Crippen LogP contribution in [0.15, 0.2) is 12.2 Å². The highest BCUT2D eigenvalue weighted by molar-refractivity contribution is 7.87. The first-order valence-electron chi connectivity index (χ1n) is 8.76. The SMILES string of the molecule is CN1CCCC/C=C\C2CC2(C(N)=O)N(S(=O)(=O)N(C)C)C(=O)CNC1=O. The van der Waals surface area contributed by atoms with E-state index in [0.717, 1.165) is 23.6 Å². The third-order valence-electron chi connectivity index (χ3n) is 4.91. The molecule has 1 fully saturated rings. The molecule has 1 aliphatic heterocycles. The zero-order chi connectivity index (χ0) is 20.4. The Kier molecular flexibility index (Phi) is 6.15. The largest absolute Gasteiger partial charge is 0.368 e. The fraction of sp³-hybridized carbons (Fsp3) is 0.688. The molecule has 0 aromatic carbocycles. The van der Waals surface area contributed by atoms with Gasteiger partial charge in [0.25, 0.3) is 5.91 Å². The van der Waals surface area contributed by atoms with E-state index >= 15 is 0 Å². The minimum absolute atomic E-state index is 0.130. The molecule has 1 saturated carbocycles. The predicted octanol–water partition coefficient (Wildman–Crippen LogP) is -0.753. The lowest BCUT2D eigenvalue weighted by Gasteiger charge is -2.32. The van der Waals surface area contributed by atoms with E-state index in [1.165, 1.54) is 19.0 Å². The number of amides is 4. The standard InChI is InChI=1S/C16H27N5O5S/c1-19(2)27(25,26)21-13(22)11-18-15(24)20(3)9-7-5-4-6-8-12-10-16(12,21)14(17)23/h6,8,12H,4-5,7,9-11H2,1-3H3,(H2,17,23)(H,18,24)/b8-6-. The Bertz CT molecular complexity index is 750. The Morgan fingerprint density at radius 2 is 2.00 bits per heavy atom. The number of hydrogen-bond acceptors (Lipinski definition) is 5. The highest BCUT2D eigenvalue weighted by Crippen LogP contribution is 2.51. The summed E-state index contributed by atoms with van der Waals surface area (Å²) in [4.78, 5) is 38.5. The molecule has 0 saturated heterocycles. The molecule has 10 nitrogen and oxygen atoms in total. The molecule has 2 unspecified atom stereocenters. The van der Waals surface area contributed by atoms with Crippen LogP contribution in [0.1, 0.15) is 25.7 Å². The molecule has 2 aliphatic rings. The number of nitrogens with two attached hydrogens (primary N) is 1. The number of carbonyl (C=O) groups is 3. The normalized spacial score (nSPS) is 29.0. The van der Waals surface area contributed by atoms with E-state index in [9.17, 15) is 22.8 Å². The third-order valence-corrected chi connectivity index (χ3v) is 6.83. The van der Waals surface area contributed by atoms with Gasteiger partial charge in [0, 0.05) is 33.6 Å². The van der Waals surface area contributed by atoms with Crippen LogP contribution in [0.2, 0.25) is 0 Å². The maximum Gasteiger partial charge on any atom is 0.317 e. The smallest absolute Gasteiger partial charge is 0.317 e. The maximum atomic E-state index is 12.8. The minimum Gasteiger partial charge on any atom is -0.368 e. The van der Waals surface area contributed by atoms with Gasteiger partial charge in [-0.3, -0.25) is 9.59 Å². The number of nitrogens with one attached hydrogen (secondary N) is 1. The summed E-state index contributed by atoms with van der Waals surface area (Å²) < 4.78 is 27.0. The molecule has 0 radical (unpaired) electrons. The second-order valence-electron chi connectivity index (χ2n) is 7.05. The molecular weight excluding hydrogens is 374 g/mol. The van der Waals surface area contributed by atoms with E-state index in [1.54, 1.807) is 13.1 Å². The summed E-state index contributed by atoms with van der Waals surface area (Å²) in [6.45, 7) is -0.0378. The second-order valence-corrected chi connectivity index (χ2v) is 9.04. The molecule has 11 heteroatoms. The Hall–Kier alpha value is -2.14. The van der Waals surface area contributed by atoms with Crippen molar-refractivity contribution in [3.8, 4) is 0 Å². The first-order valence-corrected chi connectivity index (χ1v) is 10.2. The summed E-state index contributed by atoms with van der Waals surface area (Å²) in [5.41, 5.74) is 3.89. The number of allylic oxidation sites excluding steroid dienone is 1. The summed E-state index contributed by atoms with van der Waals surface area (Å²) in [7, 11) is -0.152. The number of urea groups is 1. The molecule has 0 bridgehead atoms. The molecule has 2 rings (SSSR count). The molecular formula is C16H27N5O5S. The number of fused-ring (bicyclic) bond motifs is 1. The topological polar surface area (TPSA) is 133 Å². The second kappa shape index (κ2) is 7.85. The summed E-state index contributed by atoms with van der Waals surface area (Å²) in [5.74, 6) is -2.27. The molecule has 1 heterocycles. The van der Waals surface area contributed by atoms with E-state index in [1.807, 2.05) is 6.08 Å². The first-order chi connectivity index (χ1) is 12.5.